The maximum Gasteiger partial charge on any atom is 0.325 e. The minimum atomic E-state index is -0.708. The molecule has 2 fully saturated rings. The standard InChI is InChI=1S/C26H26ClN5O3/c27-19-11-9-18(10-12-19)21-17-22(32(30-21)20-7-2-1-3-8-20)23(33)28-15-6-16-31-24(34)26(29-25(31)35)13-4-5-14-26/h1-3,7-12,17H,4-6,13-16H2,(H,28,33)(H,29,35). The number of nitrogens with one attached hydrogen (secondary N) is 2. The molecule has 0 radical (unpaired) electrons. The zero-order valence-electron chi connectivity index (χ0n) is 19.2. The number of carbonyl (C=O) groups is 3. The third kappa shape index (κ3) is 4.53. The highest BCUT2D eigenvalue weighted by Crippen LogP contribution is 2.35. The molecule has 2 N–H and O–H groups in total. The lowest BCUT2D eigenvalue weighted by Gasteiger charge is -2.20. The molecule has 1 aliphatic heterocycles. The lowest BCUT2D eigenvalue weighted by Crippen LogP contribution is -2.44. The highest BCUT2D eigenvalue weighted by Gasteiger charge is 2.51. The van der Waals surface area contributed by atoms with E-state index in [4.69, 9.17) is 11.6 Å². The van der Waals surface area contributed by atoms with Crippen LogP contribution in [0.1, 0.15) is 42.6 Å². The second kappa shape index (κ2) is 9.54. The Labute approximate surface area is 208 Å². The number of nitrogens with zero attached hydrogens (tertiary/aromatic N) is 3. The van der Waals surface area contributed by atoms with Crippen molar-refractivity contribution in [1.82, 2.24) is 25.3 Å². The molecular formula is C26H26ClN5O3. The largest absolute Gasteiger partial charge is 0.351 e. The zero-order valence-corrected chi connectivity index (χ0v) is 19.9. The number of urea groups is 1. The van der Waals surface area contributed by atoms with Gasteiger partial charge in [0.25, 0.3) is 11.8 Å². The highest BCUT2D eigenvalue weighted by atomic mass is 35.5. The van der Waals surface area contributed by atoms with Crippen LogP contribution < -0.4 is 10.6 Å². The second-order valence-electron chi connectivity index (χ2n) is 8.95. The van der Waals surface area contributed by atoms with Crippen LogP contribution in [0.5, 0.6) is 0 Å². The van der Waals surface area contributed by atoms with Gasteiger partial charge < -0.3 is 10.6 Å². The SMILES string of the molecule is O=C(NCCCN1C(=O)NC2(CCCC2)C1=O)c1cc(-c2ccc(Cl)cc2)nn1-c1ccccc1. The van der Waals surface area contributed by atoms with Crippen molar-refractivity contribution < 1.29 is 14.4 Å². The van der Waals surface area contributed by atoms with Gasteiger partial charge in [0.05, 0.1) is 11.4 Å². The first-order valence-electron chi connectivity index (χ1n) is 11.8. The topological polar surface area (TPSA) is 96.3 Å². The van der Waals surface area contributed by atoms with E-state index in [2.05, 4.69) is 15.7 Å². The van der Waals surface area contributed by atoms with Crippen LogP contribution in [0.15, 0.2) is 60.7 Å². The molecule has 8 nitrogen and oxygen atoms in total. The Morgan fingerprint density at radius 1 is 1.06 bits per heavy atom. The fourth-order valence-electron chi connectivity index (χ4n) is 4.80. The molecule has 0 unspecified atom stereocenters. The first kappa shape index (κ1) is 23.1. The second-order valence-corrected chi connectivity index (χ2v) is 9.39. The van der Waals surface area contributed by atoms with Crippen molar-refractivity contribution in [2.24, 2.45) is 0 Å². The van der Waals surface area contributed by atoms with Gasteiger partial charge in [-0.1, -0.05) is 54.8 Å². The van der Waals surface area contributed by atoms with Crippen molar-refractivity contribution in [1.29, 1.82) is 0 Å². The number of carbonyl (C=O) groups excluding carboxylic acids is 3. The summed E-state index contributed by atoms with van der Waals surface area (Å²) in [6.45, 7) is 0.583. The Hall–Kier alpha value is -3.65. The molecule has 2 heterocycles. The molecule has 0 bridgehead atoms. The first-order valence-corrected chi connectivity index (χ1v) is 12.2. The number of benzene rings is 2. The molecule has 0 atom stereocenters. The van der Waals surface area contributed by atoms with Crippen LogP contribution in [0.25, 0.3) is 16.9 Å². The molecule has 4 amide bonds. The van der Waals surface area contributed by atoms with Gasteiger partial charge >= 0.3 is 6.03 Å². The number of amides is 4. The zero-order chi connectivity index (χ0) is 24.4. The van der Waals surface area contributed by atoms with Gasteiger partial charge in [-0.3, -0.25) is 14.5 Å². The van der Waals surface area contributed by atoms with Crippen molar-refractivity contribution in [2.45, 2.75) is 37.6 Å². The van der Waals surface area contributed by atoms with Gasteiger partial charge in [-0.25, -0.2) is 9.48 Å². The van der Waals surface area contributed by atoms with E-state index in [0.29, 0.717) is 42.2 Å². The average Bonchev–Trinajstić information content (AvgIpc) is 3.58. The van der Waals surface area contributed by atoms with Crippen molar-refractivity contribution in [3.05, 3.63) is 71.4 Å². The molecule has 9 heteroatoms. The number of halogens is 1. The summed E-state index contributed by atoms with van der Waals surface area (Å²) in [5.74, 6) is -0.424. The Morgan fingerprint density at radius 2 is 1.77 bits per heavy atom. The summed E-state index contributed by atoms with van der Waals surface area (Å²) in [5.41, 5.74) is 1.94. The van der Waals surface area contributed by atoms with Crippen molar-refractivity contribution in [3.8, 4) is 16.9 Å². The fraction of sp³-hybridized carbons (Fsp3) is 0.308. The Bertz CT molecular complexity index is 1250. The molecule has 2 aromatic carbocycles. The number of hydrogen-bond acceptors (Lipinski definition) is 4. The number of aromatic nitrogens is 2. The van der Waals surface area contributed by atoms with E-state index in [0.717, 1.165) is 24.1 Å². The van der Waals surface area contributed by atoms with Crippen LogP contribution in [-0.2, 0) is 4.79 Å². The van der Waals surface area contributed by atoms with Gasteiger partial charge in [-0.15, -0.1) is 0 Å². The summed E-state index contributed by atoms with van der Waals surface area (Å²) in [7, 11) is 0. The lowest BCUT2D eigenvalue weighted by atomic mass is 9.98. The van der Waals surface area contributed by atoms with E-state index in [1.165, 1.54) is 4.90 Å². The van der Waals surface area contributed by atoms with Gasteiger partial charge in [0.1, 0.15) is 11.2 Å². The molecular weight excluding hydrogens is 466 g/mol. The van der Waals surface area contributed by atoms with E-state index in [-0.39, 0.29) is 24.4 Å². The van der Waals surface area contributed by atoms with Gasteiger partial charge in [-0.05, 0) is 49.6 Å². The Morgan fingerprint density at radius 3 is 2.49 bits per heavy atom. The Kier molecular flexibility index (Phi) is 6.30. The minimum Gasteiger partial charge on any atom is -0.351 e. The molecule has 1 saturated carbocycles. The summed E-state index contributed by atoms with van der Waals surface area (Å²) in [6, 6.07) is 18.1. The van der Waals surface area contributed by atoms with E-state index < -0.39 is 5.54 Å². The molecule has 1 spiro atoms. The number of imide groups is 1. The molecule has 180 valence electrons. The smallest absolute Gasteiger partial charge is 0.325 e. The average molecular weight is 492 g/mol. The number of rotatable bonds is 7. The van der Waals surface area contributed by atoms with Crippen LogP contribution in [0.4, 0.5) is 4.79 Å². The highest BCUT2D eigenvalue weighted by molar-refractivity contribution is 6.30. The monoisotopic (exact) mass is 491 g/mol. The summed E-state index contributed by atoms with van der Waals surface area (Å²) < 4.78 is 1.61. The van der Waals surface area contributed by atoms with Gasteiger partial charge in [0, 0.05) is 23.7 Å². The van der Waals surface area contributed by atoms with Crippen molar-refractivity contribution in [3.63, 3.8) is 0 Å². The van der Waals surface area contributed by atoms with E-state index in [1.54, 1.807) is 22.9 Å². The minimum absolute atomic E-state index is 0.138. The fourth-order valence-corrected chi connectivity index (χ4v) is 4.92. The van der Waals surface area contributed by atoms with Gasteiger partial charge in [0.2, 0.25) is 0 Å². The summed E-state index contributed by atoms with van der Waals surface area (Å²) >= 11 is 6.01. The molecule has 1 aromatic heterocycles. The predicted molar refractivity (Wildman–Crippen MR) is 132 cm³/mol. The summed E-state index contributed by atoms with van der Waals surface area (Å²) in [4.78, 5) is 39.5. The number of hydrogen-bond donors (Lipinski definition) is 2. The summed E-state index contributed by atoms with van der Waals surface area (Å²) in [6.07, 6.45) is 3.75. The van der Waals surface area contributed by atoms with Crippen LogP contribution in [0, 0.1) is 0 Å². The number of para-hydroxylation sites is 1. The van der Waals surface area contributed by atoms with E-state index >= 15 is 0 Å². The van der Waals surface area contributed by atoms with Crippen LogP contribution in [0.2, 0.25) is 5.02 Å². The predicted octanol–water partition coefficient (Wildman–Crippen LogP) is 4.18. The summed E-state index contributed by atoms with van der Waals surface area (Å²) in [5, 5.41) is 11.1. The van der Waals surface area contributed by atoms with Crippen LogP contribution >= 0.6 is 11.6 Å². The normalized spacial score (nSPS) is 16.7. The van der Waals surface area contributed by atoms with Gasteiger partial charge in [-0.2, -0.15) is 5.10 Å². The molecule has 3 aromatic rings. The maximum atomic E-state index is 13.1. The quantitative estimate of drug-likeness (QED) is 0.383. The molecule has 1 saturated heterocycles. The maximum absolute atomic E-state index is 13.1. The third-order valence-corrected chi connectivity index (χ3v) is 6.88. The lowest BCUT2D eigenvalue weighted by molar-refractivity contribution is -0.131. The van der Waals surface area contributed by atoms with E-state index in [1.807, 2.05) is 42.5 Å². The van der Waals surface area contributed by atoms with Gasteiger partial charge in [0.15, 0.2) is 0 Å². The van der Waals surface area contributed by atoms with E-state index in [9.17, 15) is 14.4 Å². The molecule has 2 aliphatic rings. The molecule has 5 rings (SSSR count). The molecule has 35 heavy (non-hydrogen) atoms. The van der Waals surface area contributed by atoms with Crippen LogP contribution in [0.3, 0.4) is 0 Å². The van der Waals surface area contributed by atoms with Crippen molar-refractivity contribution >= 4 is 29.4 Å². The third-order valence-electron chi connectivity index (χ3n) is 6.63. The Balaban J connectivity index is 1.27. The molecule has 1 aliphatic carbocycles. The van der Waals surface area contributed by atoms with Crippen molar-refractivity contribution in [2.75, 3.05) is 13.1 Å². The van der Waals surface area contributed by atoms with Crippen LogP contribution in [-0.4, -0.2) is 51.2 Å². The first-order chi connectivity index (χ1) is 17.0.